The van der Waals surface area contributed by atoms with Gasteiger partial charge in [0.1, 0.15) is 5.75 Å². The van der Waals surface area contributed by atoms with Crippen LogP contribution in [0.15, 0.2) is 30.3 Å². The third-order valence-corrected chi connectivity index (χ3v) is 5.20. The van der Waals surface area contributed by atoms with Crippen molar-refractivity contribution in [2.45, 2.75) is 60.1 Å². The van der Waals surface area contributed by atoms with Gasteiger partial charge >= 0.3 is 0 Å². The number of carbonyl (C=O) groups excluding carboxylic acids is 1. The molecule has 0 fully saturated rings. The highest BCUT2D eigenvalue weighted by Crippen LogP contribution is 2.24. The van der Waals surface area contributed by atoms with Gasteiger partial charge < -0.3 is 10.1 Å². The molecule has 1 amide bonds. The molecule has 4 heteroatoms. The third-order valence-electron chi connectivity index (χ3n) is 4.78. The zero-order chi connectivity index (χ0) is 19.4. The molecule has 2 rings (SSSR count). The molecule has 0 saturated heterocycles. The lowest BCUT2D eigenvalue weighted by Gasteiger charge is -2.22. The van der Waals surface area contributed by atoms with Crippen LogP contribution in [-0.4, -0.2) is 12.0 Å². The van der Waals surface area contributed by atoms with E-state index < -0.39 is 6.10 Å². The lowest BCUT2D eigenvalue weighted by atomic mass is 9.96. The Balaban J connectivity index is 2.10. The zero-order valence-electron chi connectivity index (χ0n) is 16.4. The van der Waals surface area contributed by atoms with Gasteiger partial charge in [-0.3, -0.25) is 4.79 Å². The van der Waals surface area contributed by atoms with Gasteiger partial charge in [0.15, 0.2) is 6.10 Å². The summed E-state index contributed by atoms with van der Waals surface area (Å²) in [5.41, 5.74) is 5.74. The monoisotopic (exact) mass is 373 g/mol. The SMILES string of the molecule is CC[C@H](Oc1ccc(Cl)c(C)c1)C(=O)N[C@@H](C)c1cc(C)c(C)cc1C. The molecule has 0 aromatic heterocycles. The molecule has 0 spiro atoms. The second kappa shape index (κ2) is 8.59. The van der Waals surface area contributed by atoms with Crippen LogP contribution >= 0.6 is 11.6 Å². The largest absolute Gasteiger partial charge is 0.481 e. The highest BCUT2D eigenvalue weighted by atomic mass is 35.5. The first-order valence-corrected chi connectivity index (χ1v) is 9.41. The summed E-state index contributed by atoms with van der Waals surface area (Å²) in [6, 6.07) is 9.68. The maximum Gasteiger partial charge on any atom is 0.261 e. The number of ether oxygens (including phenoxy) is 1. The minimum Gasteiger partial charge on any atom is -0.481 e. The van der Waals surface area contributed by atoms with Gasteiger partial charge in [-0.1, -0.05) is 30.7 Å². The molecule has 26 heavy (non-hydrogen) atoms. The minimum absolute atomic E-state index is 0.0774. The number of hydrogen-bond donors (Lipinski definition) is 1. The zero-order valence-corrected chi connectivity index (χ0v) is 17.2. The van der Waals surface area contributed by atoms with Crippen molar-refractivity contribution in [2.75, 3.05) is 0 Å². The fraction of sp³-hybridized carbons (Fsp3) is 0.409. The van der Waals surface area contributed by atoms with E-state index >= 15 is 0 Å². The van der Waals surface area contributed by atoms with Crippen molar-refractivity contribution < 1.29 is 9.53 Å². The maximum atomic E-state index is 12.7. The van der Waals surface area contributed by atoms with E-state index in [-0.39, 0.29) is 11.9 Å². The van der Waals surface area contributed by atoms with E-state index in [9.17, 15) is 4.79 Å². The lowest BCUT2D eigenvalue weighted by molar-refractivity contribution is -0.128. The van der Waals surface area contributed by atoms with Gasteiger partial charge in [0, 0.05) is 5.02 Å². The molecule has 140 valence electrons. The van der Waals surface area contributed by atoms with Gasteiger partial charge in [-0.05, 0) is 87.1 Å². The molecular formula is C22H28ClNO2. The van der Waals surface area contributed by atoms with Gasteiger partial charge in [0.05, 0.1) is 6.04 Å². The van der Waals surface area contributed by atoms with Gasteiger partial charge in [0.25, 0.3) is 5.91 Å². The molecule has 0 aliphatic rings. The van der Waals surface area contributed by atoms with Crippen LogP contribution in [0.4, 0.5) is 0 Å². The number of halogens is 1. The lowest BCUT2D eigenvalue weighted by Crippen LogP contribution is -2.39. The Morgan fingerprint density at radius 2 is 1.69 bits per heavy atom. The topological polar surface area (TPSA) is 38.3 Å². The first-order chi connectivity index (χ1) is 12.2. The van der Waals surface area contributed by atoms with Crippen molar-refractivity contribution in [1.82, 2.24) is 5.32 Å². The van der Waals surface area contributed by atoms with Gasteiger partial charge in [-0.25, -0.2) is 0 Å². The molecule has 0 saturated carbocycles. The number of hydrogen-bond acceptors (Lipinski definition) is 2. The summed E-state index contributed by atoms with van der Waals surface area (Å²) in [4.78, 5) is 12.7. The summed E-state index contributed by atoms with van der Waals surface area (Å²) in [6.07, 6.45) is 0.0523. The van der Waals surface area contributed by atoms with E-state index in [4.69, 9.17) is 16.3 Å². The van der Waals surface area contributed by atoms with E-state index in [0.29, 0.717) is 17.2 Å². The number of amides is 1. The Kier molecular flexibility index (Phi) is 6.71. The first-order valence-electron chi connectivity index (χ1n) is 9.03. The number of nitrogens with one attached hydrogen (secondary N) is 1. The molecule has 0 heterocycles. The normalized spacial score (nSPS) is 13.2. The summed E-state index contributed by atoms with van der Waals surface area (Å²) >= 11 is 6.05. The van der Waals surface area contributed by atoms with Crippen LogP contribution in [0, 0.1) is 27.7 Å². The van der Waals surface area contributed by atoms with Crippen molar-refractivity contribution in [3.05, 3.63) is 63.2 Å². The Hall–Kier alpha value is -2.00. The van der Waals surface area contributed by atoms with Crippen molar-refractivity contribution in [3.8, 4) is 5.75 Å². The summed E-state index contributed by atoms with van der Waals surface area (Å²) in [7, 11) is 0. The standard InChI is InChI=1S/C22H28ClNO2/c1-7-21(26-18-8-9-20(23)16(5)11-18)22(25)24-17(6)19-12-14(3)13(2)10-15(19)4/h8-12,17,21H,7H2,1-6H3,(H,24,25)/t17-,21-/m0/s1. The average molecular weight is 374 g/mol. The number of rotatable bonds is 6. The van der Waals surface area contributed by atoms with Crippen molar-refractivity contribution in [3.63, 3.8) is 0 Å². The quantitative estimate of drug-likeness (QED) is 0.714. The van der Waals surface area contributed by atoms with Crippen molar-refractivity contribution in [1.29, 1.82) is 0 Å². The molecular weight excluding hydrogens is 346 g/mol. The molecule has 0 unspecified atom stereocenters. The second-order valence-electron chi connectivity index (χ2n) is 6.95. The third kappa shape index (κ3) is 4.79. The molecule has 0 aliphatic heterocycles. The van der Waals surface area contributed by atoms with Crippen LogP contribution in [0.25, 0.3) is 0 Å². The minimum atomic E-state index is -0.537. The smallest absolute Gasteiger partial charge is 0.261 e. The highest BCUT2D eigenvalue weighted by Gasteiger charge is 2.21. The Labute approximate surface area is 161 Å². The Morgan fingerprint density at radius 1 is 1.04 bits per heavy atom. The van der Waals surface area contributed by atoms with Crippen molar-refractivity contribution in [2.24, 2.45) is 0 Å². The predicted octanol–water partition coefficient (Wildman–Crippen LogP) is 5.61. The molecule has 3 nitrogen and oxygen atoms in total. The van der Waals surface area contributed by atoms with Crippen LogP contribution in [0.5, 0.6) is 5.75 Å². The summed E-state index contributed by atoms with van der Waals surface area (Å²) in [6.45, 7) is 12.1. The van der Waals surface area contributed by atoms with E-state index in [1.54, 1.807) is 12.1 Å². The molecule has 2 aromatic rings. The van der Waals surface area contributed by atoms with Crippen molar-refractivity contribution >= 4 is 17.5 Å². The van der Waals surface area contributed by atoms with Crippen LogP contribution in [0.1, 0.15) is 54.1 Å². The van der Waals surface area contributed by atoms with Gasteiger partial charge in [-0.2, -0.15) is 0 Å². The Morgan fingerprint density at radius 3 is 2.31 bits per heavy atom. The summed E-state index contributed by atoms with van der Waals surface area (Å²) < 4.78 is 5.90. The second-order valence-corrected chi connectivity index (χ2v) is 7.36. The fourth-order valence-corrected chi connectivity index (χ4v) is 3.13. The average Bonchev–Trinajstić information content (AvgIpc) is 2.58. The molecule has 0 aliphatic carbocycles. The van der Waals surface area contributed by atoms with Gasteiger partial charge in [-0.15, -0.1) is 0 Å². The molecule has 1 N–H and O–H groups in total. The van der Waals surface area contributed by atoms with Crippen LogP contribution in [-0.2, 0) is 4.79 Å². The predicted molar refractivity (Wildman–Crippen MR) is 108 cm³/mol. The van der Waals surface area contributed by atoms with E-state index in [0.717, 1.165) is 11.1 Å². The van der Waals surface area contributed by atoms with Crippen LogP contribution in [0.2, 0.25) is 5.02 Å². The molecule has 2 aromatic carbocycles. The number of benzene rings is 2. The molecule has 0 radical (unpaired) electrons. The number of carbonyl (C=O) groups is 1. The molecule has 2 atom stereocenters. The summed E-state index contributed by atoms with van der Waals surface area (Å²) in [5, 5.41) is 3.78. The number of aryl methyl sites for hydroxylation is 4. The maximum absolute atomic E-state index is 12.7. The first kappa shape index (κ1) is 20.3. The molecule has 0 bridgehead atoms. The fourth-order valence-electron chi connectivity index (χ4n) is 3.01. The van der Waals surface area contributed by atoms with Crippen LogP contribution in [0.3, 0.4) is 0 Å². The van der Waals surface area contributed by atoms with E-state index in [2.05, 4.69) is 38.2 Å². The summed E-state index contributed by atoms with van der Waals surface area (Å²) in [5.74, 6) is 0.550. The van der Waals surface area contributed by atoms with Gasteiger partial charge in [0.2, 0.25) is 0 Å². The Bertz CT molecular complexity index is 801. The van der Waals surface area contributed by atoms with Crippen LogP contribution < -0.4 is 10.1 Å². The highest BCUT2D eigenvalue weighted by molar-refractivity contribution is 6.31. The van der Waals surface area contributed by atoms with E-state index in [1.807, 2.05) is 26.8 Å². The van der Waals surface area contributed by atoms with E-state index in [1.165, 1.54) is 16.7 Å².